The molecule has 0 saturated carbocycles. The zero-order valence-corrected chi connectivity index (χ0v) is 12.4. The smallest absolute Gasteiger partial charge is 0.146 e. The van der Waals surface area contributed by atoms with Crippen molar-refractivity contribution >= 4 is 39.1 Å². The van der Waals surface area contributed by atoms with E-state index in [1.165, 1.54) is 0 Å². The molecule has 2 nitrogen and oxygen atoms in total. The Labute approximate surface area is 124 Å². The predicted molar refractivity (Wildman–Crippen MR) is 78.6 cm³/mol. The summed E-state index contributed by atoms with van der Waals surface area (Å²) in [6.45, 7) is 0.376. The van der Waals surface area contributed by atoms with Gasteiger partial charge in [0.05, 0.1) is 5.02 Å². The topological polar surface area (TPSA) is 35.2 Å². The van der Waals surface area contributed by atoms with Gasteiger partial charge in [-0.25, -0.2) is 0 Å². The van der Waals surface area contributed by atoms with Gasteiger partial charge in [-0.3, -0.25) is 0 Å². The van der Waals surface area contributed by atoms with Gasteiger partial charge in [-0.1, -0.05) is 45.2 Å². The molecule has 2 aromatic carbocycles. The molecule has 0 aliphatic heterocycles. The van der Waals surface area contributed by atoms with Gasteiger partial charge in [0.1, 0.15) is 11.5 Å². The Balaban J connectivity index is 2.36. The fourth-order valence-electron chi connectivity index (χ4n) is 1.47. The van der Waals surface area contributed by atoms with Crippen LogP contribution in [0, 0.1) is 0 Å². The van der Waals surface area contributed by atoms with Crippen LogP contribution in [0.25, 0.3) is 0 Å². The minimum atomic E-state index is 0.376. The van der Waals surface area contributed by atoms with Gasteiger partial charge in [-0.05, 0) is 30.3 Å². The Kier molecular flexibility index (Phi) is 4.51. The Morgan fingerprint density at radius 1 is 1.06 bits per heavy atom. The van der Waals surface area contributed by atoms with E-state index in [1.54, 1.807) is 24.3 Å². The molecule has 0 bridgehead atoms. The van der Waals surface area contributed by atoms with Gasteiger partial charge < -0.3 is 10.5 Å². The van der Waals surface area contributed by atoms with Crippen LogP contribution in [0.5, 0.6) is 11.5 Å². The van der Waals surface area contributed by atoms with E-state index in [0.717, 1.165) is 10.0 Å². The number of ether oxygens (including phenoxy) is 1. The molecule has 2 N–H and O–H groups in total. The van der Waals surface area contributed by atoms with Gasteiger partial charge in [-0.15, -0.1) is 0 Å². The van der Waals surface area contributed by atoms with E-state index < -0.39 is 0 Å². The highest BCUT2D eigenvalue weighted by atomic mass is 79.9. The molecule has 0 amide bonds. The molecule has 0 unspecified atom stereocenters. The summed E-state index contributed by atoms with van der Waals surface area (Å²) in [7, 11) is 0. The Bertz CT molecular complexity index is 575. The van der Waals surface area contributed by atoms with Crippen LogP contribution in [0.15, 0.2) is 40.9 Å². The lowest BCUT2D eigenvalue weighted by molar-refractivity contribution is 0.476. The highest BCUT2D eigenvalue weighted by Crippen LogP contribution is 2.34. The molecule has 18 heavy (non-hydrogen) atoms. The van der Waals surface area contributed by atoms with Crippen molar-refractivity contribution in [2.24, 2.45) is 5.73 Å². The lowest BCUT2D eigenvalue weighted by Gasteiger charge is -2.11. The van der Waals surface area contributed by atoms with Crippen LogP contribution in [0.1, 0.15) is 5.56 Å². The van der Waals surface area contributed by atoms with Crippen molar-refractivity contribution in [3.8, 4) is 11.5 Å². The van der Waals surface area contributed by atoms with Gasteiger partial charge >= 0.3 is 0 Å². The van der Waals surface area contributed by atoms with E-state index in [2.05, 4.69) is 15.9 Å². The quantitative estimate of drug-likeness (QED) is 0.848. The third-order valence-corrected chi connectivity index (χ3v) is 3.39. The molecule has 0 aromatic heterocycles. The average Bonchev–Trinajstić information content (AvgIpc) is 2.33. The zero-order chi connectivity index (χ0) is 13.1. The maximum Gasteiger partial charge on any atom is 0.146 e. The molecule has 0 fully saturated rings. The molecule has 0 atom stereocenters. The van der Waals surface area contributed by atoms with E-state index >= 15 is 0 Å². The molecule has 0 heterocycles. The van der Waals surface area contributed by atoms with Gasteiger partial charge in [0.25, 0.3) is 0 Å². The summed E-state index contributed by atoms with van der Waals surface area (Å²) in [5.41, 5.74) is 6.53. The van der Waals surface area contributed by atoms with Crippen LogP contribution in [0.3, 0.4) is 0 Å². The molecule has 2 rings (SSSR count). The maximum absolute atomic E-state index is 6.10. The molecular formula is C13H10BrCl2NO. The second kappa shape index (κ2) is 5.93. The molecule has 0 aliphatic carbocycles. The summed E-state index contributed by atoms with van der Waals surface area (Å²) in [5.74, 6) is 1.19. The first-order valence-electron chi connectivity index (χ1n) is 5.21. The molecule has 5 heteroatoms. The van der Waals surface area contributed by atoms with Crippen molar-refractivity contribution in [2.75, 3.05) is 0 Å². The summed E-state index contributed by atoms with van der Waals surface area (Å²) in [4.78, 5) is 0. The number of rotatable bonds is 3. The van der Waals surface area contributed by atoms with Crippen molar-refractivity contribution in [3.63, 3.8) is 0 Å². The van der Waals surface area contributed by atoms with Crippen molar-refractivity contribution in [1.82, 2.24) is 0 Å². The number of nitrogens with two attached hydrogens (primary N) is 1. The summed E-state index contributed by atoms with van der Waals surface area (Å²) in [5, 5.41) is 1.11. The molecule has 94 valence electrons. The summed E-state index contributed by atoms with van der Waals surface area (Å²) < 4.78 is 6.64. The van der Waals surface area contributed by atoms with Crippen LogP contribution in [-0.4, -0.2) is 0 Å². The second-order valence-electron chi connectivity index (χ2n) is 3.63. The van der Waals surface area contributed by atoms with Crippen LogP contribution in [0.2, 0.25) is 10.0 Å². The zero-order valence-electron chi connectivity index (χ0n) is 9.29. The normalized spacial score (nSPS) is 10.4. The lowest BCUT2D eigenvalue weighted by atomic mass is 10.2. The fourth-order valence-corrected chi connectivity index (χ4v) is 2.34. The SMILES string of the molecule is NCc1ccc(Cl)cc1Oc1ccc(Br)cc1Cl. The Hall–Kier alpha value is -0.740. The predicted octanol–water partition coefficient (Wildman–Crippen LogP) is 5.01. The van der Waals surface area contributed by atoms with Crippen LogP contribution in [-0.2, 0) is 6.54 Å². The molecule has 0 spiro atoms. The maximum atomic E-state index is 6.10. The Morgan fingerprint density at radius 3 is 2.50 bits per heavy atom. The Morgan fingerprint density at radius 2 is 1.83 bits per heavy atom. The van der Waals surface area contributed by atoms with E-state index in [4.69, 9.17) is 33.7 Å². The van der Waals surface area contributed by atoms with E-state index in [1.807, 2.05) is 12.1 Å². The van der Waals surface area contributed by atoms with Gasteiger partial charge in [0.15, 0.2) is 0 Å². The minimum Gasteiger partial charge on any atom is -0.455 e. The minimum absolute atomic E-state index is 0.376. The fraction of sp³-hybridized carbons (Fsp3) is 0.0769. The van der Waals surface area contributed by atoms with E-state index in [-0.39, 0.29) is 0 Å². The van der Waals surface area contributed by atoms with Gasteiger partial charge in [-0.2, -0.15) is 0 Å². The van der Waals surface area contributed by atoms with Crippen molar-refractivity contribution in [1.29, 1.82) is 0 Å². The molecular weight excluding hydrogens is 337 g/mol. The van der Waals surface area contributed by atoms with Crippen LogP contribution < -0.4 is 10.5 Å². The number of benzene rings is 2. The van der Waals surface area contributed by atoms with E-state index in [0.29, 0.717) is 28.1 Å². The number of hydrogen-bond acceptors (Lipinski definition) is 2. The third-order valence-electron chi connectivity index (χ3n) is 2.36. The van der Waals surface area contributed by atoms with Gasteiger partial charge in [0, 0.05) is 21.6 Å². The van der Waals surface area contributed by atoms with Crippen LogP contribution >= 0.6 is 39.1 Å². The standard InChI is InChI=1S/C13H10BrCl2NO/c14-9-2-4-12(11(16)5-9)18-13-6-10(15)3-1-8(13)7-17/h1-6H,7,17H2. The van der Waals surface area contributed by atoms with Gasteiger partial charge in [0.2, 0.25) is 0 Å². The summed E-state index contributed by atoms with van der Waals surface area (Å²) in [6, 6.07) is 10.7. The second-order valence-corrected chi connectivity index (χ2v) is 5.39. The first kappa shape index (κ1) is 13.7. The van der Waals surface area contributed by atoms with E-state index in [9.17, 15) is 0 Å². The highest BCUT2D eigenvalue weighted by molar-refractivity contribution is 9.10. The first-order chi connectivity index (χ1) is 8.60. The number of halogens is 3. The molecule has 2 aromatic rings. The monoisotopic (exact) mass is 345 g/mol. The molecule has 0 radical (unpaired) electrons. The summed E-state index contributed by atoms with van der Waals surface area (Å²) in [6.07, 6.45) is 0. The lowest BCUT2D eigenvalue weighted by Crippen LogP contribution is -1.99. The van der Waals surface area contributed by atoms with Crippen LogP contribution in [0.4, 0.5) is 0 Å². The van der Waals surface area contributed by atoms with Crippen molar-refractivity contribution in [3.05, 3.63) is 56.5 Å². The number of hydrogen-bond donors (Lipinski definition) is 1. The van der Waals surface area contributed by atoms with Crippen molar-refractivity contribution < 1.29 is 4.74 Å². The first-order valence-corrected chi connectivity index (χ1v) is 6.76. The summed E-state index contributed by atoms with van der Waals surface area (Å²) >= 11 is 15.4. The third kappa shape index (κ3) is 3.18. The van der Waals surface area contributed by atoms with Crippen molar-refractivity contribution in [2.45, 2.75) is 6.54 Å². The molecule has 0 aliphatic rings. The highest BCUT2D eigenvalue weighted by Gasteiger charge is 2.08. The largest absolute Gasteiger partial charge is 0.455 e. The molecule has 0 saturated heterocycles. The average molecular weight is 347 g/mol.